The van der Waals surface area contributed by atoms with Gasteiger partial charge in [-0.25, -0.2) is 0 Å². The van der Waals surface area contributed by atoms with Gasteiger partial charge in [-0.05, 0) is 17.5 Å². The summed E-state index contributed by atoms with van der Waals surface area (Å²) in [7, 11) is 3.42. The van der Waals surface area contributed by atoms with E-state index in [2.05, 4.69) is 60.7 Å². The second kappa shape index (κ2) is 5.45. The average Bonchev–Trinajstić information content (AvgIpc) is 3.44. The molecule has 1 aliphatic heterocycles. The summed E-state index contributed by atoms with van der Waals surface area (Å²) in [6.07, 6.45) is 1.81. The Hall–Kier alpha value is -1.68. The van der Waals surface area contributed by atoms with Gasteiger partial charge < -0.3 is 14.2 Å². The van der Waals surface area contributed by atoms with Gasteiger partial charge in [-0.3, -0.25) is 0 Å². The van der Waals surface area contributed by atoms with Crippen LogP contribution in [0.4, 0.5) is 0 Å². The Labute approximate surface area is 137 Å². The first-order valence-electron chi connectivity index (χ1n) is 8.14. The second-order valence-electron chi connectivity index (χ2n) is 6.40. The Morgan fingerprint density at radius 2 is 1.30 bits per heavy atom. The molecule has 23 heavy (non-hydrogen) atoms. The fourth-order valence-corrected chi connectivity index (χ4v) is 4.25. The van der Waals surface area contributed by atoms with E-state index in [1.54, 1.807) is 14.2 Å². The highest BCUT2D eigenvalue weighted by Crippen LogP contribution is 2.58. The zero-order valence-electron chi connectivity index (χ0n) is 13.6. The average molecular weight is 310 g/mol. The Morgan fingerprint density at radius 1 is 0.783 bits per heavy atom. The first-order chi connectivity index (χ1) is 11.3. The van der Waals surface area contributed by atoms with Crippen molar-refractivity contribution < 1.29 is 14.2 Å². The van der Waals surface area contributed by atoms with Crippen molar-refractivity contribution in [1.29, 1.82) is 0 Å². The third-order valence-corrected chi connectivity index (χ3v) is 5.55. The van der Waals surface area contributed by atoms with Crippen LogP contribution in [0.15, 0.2) is 60.7 Å². The van der Waals surface area contributed by atoms with Gasteiger partial charge >= 0.3 is 0 Å². The maximum Gasteiger partial charge on any atom is 0.196 e. The monoisotopic (exact) mass is 310 g/mol. The number of methoxy groups -OCH3 is 2. The van der Waals surface area contributed by atoms with Crippen molar-refractivity contribution in [3.05, 3.63) is 71.8 Å². The summed E-state index contributed by atoms with van der Waals surface area (Å²) in [5, 5.41) is 0. The molecule has 0 amide bonds. The fraction of sp³-hybridized carbons (Fsp3) is 0.400. The molecule has 2 aliphatic rings. The predicted molar refractivity (Wildman–Crippen MR) is 88.3 cm³/mol. The van der Waals surface area contributed by atoms with Crippen LogP contribution in [0.5, 0.6) is 0 Å². The number of rotatable bonds is 4. The van der Waals surface area contributed by atoms with Gasteiger partial charge in [-0.2, -0.15) is 0 Å². The van der Waals surface area contributed by atoms with Gasteiger partial charge in [-0.15, -0.1) is 0 Å². The summed E-state index contributed by atoms with van der Waals surface area (Å²) in [5.41, 5.74) is 2.48. The normalized spacial score (nSPS) is 27.2. The summed E-state index contributed by atoms with van der Waals surface area (Å²) in [4.78, 5) is 0. The number of benzene rings is 2. The maximum absolute atomic E-state index is 6.15. The largest absolute Gasteiger partial charge is 0.362 e. The molecule has 2 fully saturated rings. The Bertz CT molecular complexity index is 624. The van der Waals surface area contributed by atoms with Crippen molar-refractivity contribution in [3.8, 4) is 0 Å². The standard InChI is InChI=1S/C20H22O3/c1-21-20(22-2)14-13-19(17-18(20)23-17,15-9-5-3-6-10-15)16-11-7-4-8-12-16/h3-12,17-18H,13-14H2,1-2H3. The highest BCUT2D eigenvalue weighted by molar-refractivity contribution is 5.45. The van der Waals surface area contributed by atoms with E-state index in [0.717, 1.165) is 12.8 Å². The van der Waals surface area contributed by atoms with Crippen LogP contribution in [0, 0.1) is 0 Å². The SMILES string of the molecule is COC1(OC)CCC(c2ccccc2)(c2ccccc2)C2OC21. The van der Waals surface area contributed by atoms with Gasteiger partial charge in [0, 0.05) is 26.1 Å². The van der Waals surface area contributed by atoms with Gasteiger partial charge in [0.05, 0.1) is 0 Å². The lowest BCUT2D eigenvalue weighted by atomic mass is 9.64. The van der Waals surface area contributed by atoms with E-state index in [1.807, 2.05) is 0 Å². The molecule has 3 nitrogen and oxygen atoms in total. The van der Waals surface area contributed by atoms with E-state index in [9.17, 15) is 0 Å². The molecule has 0 radical (unpaired) electrons. The van der Waals surface area contributed by atoms with Crippen LogP contribution in [0.25, 0.3) is 0 Å². The molecule has 0 N–H and O–H groups in total. The van der Waals surface area contributed by atoms with Gasteiger partial charge in [0.1, 0.15) is 12.2 Å². The third-order valence-electron chi connectivity index (χ3n) is 5.55. The molecule has 1 saturated carbocycles. The molecule has 1 aliphatic carbocycles. The van der Waals surface area contributed by atoms with Crippen LogP contribution in [-0.4, -0.2) is 32.2 Å². The summed E-state index contributed by atoms with van der Waals surface area (Å²) < 4.78 is 17.5. The van der Waals surface area contributed by atoms with Crippen molar-refractivity contribution in [1.82, 2.24) is 0 Å². The summed E-state index contributed by atoms with van der Waals surface area (Å²) in [6, 6.07) is 21.4. The molecule has 0 bridgehead atoms. The summed E-state index contributed by atoms with van der Waals surface area (Å²) >= 11 is 0. The molecule has 4 rings (SSSR count). The van der Waals surface area contributed by atoms with Crippen molar-refractivity contribution in [2.45, 2.75) is 36.3 Å². The minimum absolute atomic E-state index is 0.0216. The number of fused-ring (bicyclic) bond motifs is 1. The van der Waals surface area contributed by atoms with Gasteiger partial charge in [-0.1, -0.05) is 60.7 Å². The molecule has 2 atom stereocenters. The van der Waals surface area contributed by atoms with Crippen molar-refractivity contribution in [2.75, 3.05) is 14.2 Å². The lowest BCUT2D eigenvalue weighted by Gasteiger charge is -2.42. The van der Waals surface area contributed by atoms with Gasteiger partial charge in [0.25, 0.3) is 0 Å². The van der Waals surface area contributed by atoms with Crippen LogP contribution in [0.2, 0.25) is 0 Å². The van der Waals surface area contributed by atoms with Crippen molar-refractivity contribution in [3.63, 3.8) is 0 Å². The Kier molecular flexibility index (Phi) is 3.52. The van der Waals surface area contributed by atoms with E-state index in [4.69, 9.17) is 14.2 Å². The molecule has 2 aromatic carbocycles. The van der Waals surface area contributed by atoms with Crippen LogP contribution >= 0.6 is 0 Å². The molecular weight excluding hydrogens is 288 g/mol. The van der Waals surface area contributed by atoms with Crippen molar-refractivity contribution in [2.24, 2.45) is 0 Å². The first-order valence-corrected chi connectivity index (χ1v) is 8.14. The quantitative estimate of drug-likeness (QED) is 0.639. The van der Waals surface area contributed by atoms with Crippen LogP contribution in [0.1, 0.15) is 24.0 Å². The summed E-state index contributed by atoms with van der Waals surface area (Å²) in [6.45, 7) is 0. The number of hydrogen-bond donors (Lipinski definition) is 0. The highest BCUT2D eigenvalue weighted by atomic mass is 16.7. The van der Waals surface area contributed by atoms with Gasteiger partial charge in [0.15, 0.2) is 5.79 Å². The summed E-state index contributed by atoms with van der Waals surface area (Å²) in [5.74, 6) is -0.613. The lowest BCUT2D eigenvalue weighted by molar-refractivity contribution is -0.227. The molecular formula is C20H22O3. The highest BCUT2D eigenvalue weighted by Gasteiger charge is 2.68. The molecule has 2 unspecified atom stereocenters. The smallest absolute Gasteiger partial charge is 0.196 e. The molecule has 1 saturated heterocycles. The molecule has 3 heteroatoms. The van der Waals surface area contributed by atoms with Crippen molar-refractivity contribution >= 4 is 0 Å². The molecule has 2 aromatic rings. The molecule has 120 valence electrons. The number of ether oxygens (including phenoxy) is 3. The Balaban J connectivity index is 1.82. The van der Waals surface area contributed by atoms with E-state index in [0.29, 0.717) is 0 Å². The van der Waals surface area contributed by atoms with Crippen LogP contribution in [0.3, 0.4) is 0 Å². The number of hydrogen-bond acceptors (Lipinski definition) is 3. The van der Waals surface area contributed by atoms with Gasteiger partial charge in [0.2, 0.25) is 0 Å². The maximum atomic E-state index is 6.15. The van der Waals surface area contributed by atoms with E-state index in [1.165, 1.54) is 11.1 Å². The third kappa shape index (κ3) is 2.08. The molecule has 0 spiro atoms. The minimum atomic E-state index is -0.613. The Morgan fingerprint density at radius 3 is 1.78 bits per heavy atom. The zero-order chi connectivity index (χ0) is 15.9. The predicted octanol–water partition coefficient (Wildman–Crippen LogP) is 3.52. The van der Waals surface area contributed by atoms with E-state index < -0.39 is 5.79 Å². The first kappa shape index (κ1) is 14.9. The fourth-order valence-electron chi connectivity index (χ4n) is 4.25. The molecule has 1 heterocycles. The van der Waals surface area contributed by atoms with E-state index >= 15 is 0 Å². The number of epoxide rings is 1. The topological polar surface area (TPSA) is 31.0 Å². The lowest BCUT2D eigenvalue weighted by Crippen LogP contribution is -2.51. The van der Waals surface area contributed by atoms with Crippen LogP contribution in [-0.2, 0) is 19.6 Å². The minimum Gasteiger partial charge on any atom is -0.362 e. The van der Waals surface area contributed by atoms with Crippen LogP contribution < -0.4 is 0 Å². The molecule has 0 aromatic heterocycles. The second-order valence-corrected chi connectivity index (χ2v) is 6.40. The van der Waals surface area contributed by atoms with E-state index in [-0.39, 0.29) is 17.6 Å². The zero-order valence-corrected chi connectivity index (χ0v) is 13.6.